The van der Waals surface area contributed by atoms with Gasteiger partial charge in [-0.1, -0.05) is 0 Å². The quantitative estimate of drug-likeness (QED) is 0.228. The first-order valence-corrected chi connectivity index (χ1v) is 5.34. The lowest BCUT2D eigenvalue weighted by Gasteiger charge is -2.04. The van der Waals surface area contributed by atoms with E-state index < -0.39 is 0 Å². The molecule has 12 heavy (non-hydrogen) atoms. The molecular weight excluding hydrogens is 170 g/mol. The Morgan fingerprint density at radius 3 is 2.42 bits per heavy atom. The normalized spacial score (nSPS) is 10.8. The van der Waals surface area contributed by atoms with Gasteiger partial charge in [0.05, 0.1) is 6.73 Å². The van der Waals surface area contributed by atoms with Crippen molar-refractivity contribution >= 4 is 10.5 Å². The largest absolute Gasteiger partial charge is 0.415 e. The zero-order valence-electron chi connectivity index (χ0n) is 7.94. The second-order valence-electron chi connectivity index (χ2n) is 2.68. The third kappa shape index (κ3) is 10.1. The van der Waals surface area contributed by atoms with E-state index in [0.717, 1.165) is 49.5 Å². The lowest BCUT2D eigenvalue weighted by molar-refractivity contribution is 0.309. The van der Waals surface area contributed by atoms with E-state index in [1.807, 2.05) is 0 Å². The molecule has 0 radical (unpaired) electrons. The number of hydrogen-bond acceptors (Lipinski definition) is 4. The van der Waals surface area contributed by atoms with Gasteiger partial charge >= 0.3 is 0 Å². The van der Waals surface area contributed by atoms with Gasteiger partial charge in [-0.05, 0) is 39.0 Å². The molecule has 4 N–H and O–H groups in total. The highest BCUT2D eigenvalue weighted by Crippen LogP contribution is 1.75. The summed E-state index contributed by atoms with van der Waals surface area (Å²) < 4.78 is 4.98. The smallest absolute Gasteiger partial charge is 0.147 e. The van der Waals surface area contributed by atoms with Crippen LogP contribution in [0, 0.1) is 0 Å². The molecule has 0 saturated carbocycles. The van der Waals surface area contributed by atoms with Gasteiger partial charge in [-0.2, -0.15) is 0 Å². The Hall–Kier alpha value is 0.0569. The summed E-state index contributed by atoms with van der Waals surface area (Å²) in [6.45, 7) is 4.61. The predicted octanol–water partition coefficient (Wildman–Crippen LogP) is -1.84. The molecule has 0 rings (SSSR count). The van der Waals surface area contributed by atoms with Crippen LogP contribution in [0.25, 0.3) is 0 Å². The average molecular weight is 191 g/mol. The second-order valence-corrected chi connectivity index (χ2v) is 3.26. The van der Waals surface area contributed by atoms with Gasteiger partial charge in [0, 0.05) is 0 Å². The predicted molar refractivity (Wildman–Crippen MR) is 55.1 cm³/mol. The van der Waals surface area contributed by atoms with E-state index in [0.29, 0.717) is 6.73 Å². The molecule has 0 aliphatic carbocycles. The Morgan fingerprint density at radius 2 is 1.75 bits per heavy atom. The maximum Gasteiger partial charge on any atom is 0.147 e. The first-order valence-electron chi connectivity index (χ1n) is 4.52. The van der Waals surface area contributed by atoms with Gasteiger partial charge in [0.15, 0.2) is 0 Å². The van der Waals surface area contributed by atoms with Crippen molar-refractivity contribution in [1.29, 1.82) is 0 Å². The van der Waals surface area contributed by atoms with E-state index >= 15 is 0 Å². The van der Waals surface area contributed by atoms with E-state index in [9.17, 15) is 0 Å². The number of hydrogen-bond donors (Lipinski definition) is 3. The zero-order chi connectivity index (χ0) is 9.07. The van der Waals surface area contributed by atoms with Crippen molar-refractivity contribution < 1.29 is 4.43 Å². The van der Waals surface area contributed by atoms with Gasteiger partial charge in [-0.3, -0.25) is 5.32 Å². The van der Waals surface area contributed by atoms with Gasteiger partial charge in [-0.25, -0.2) is 0 Å². The van der Waals surface area contributed by atoms with Crippen LogP contribution in [0.15, 0.2) is 0 Å². The lowest BCUT2D eigenvalue weighted by Crippen LogP contribution is -2.24. The first-order chi connectivity index (χ1) is 5.91. The second kappa shape index (κ2) is 11.1. The van der Waals surface area contributed by atoms with Crippen molar-refractivity contribution in [3.63, 3.8) is 0 Å². The van der Waals surface area contributed by atoms with Crippen LogP contribution in [0.4, 0.5) is 0 Å². The molecular formula is C7H21N3OSi. The van der Waals surface area contributed by atoms with Crippen molar-refractivity contribution in [3.8, 4) is 0 Å². The molecule has 0 atom stereocenters. The van der Waals surface area contributed by atoms with Gasteiger partial charge in [0.2, 0.25) is 0 Å². The molecule has 0 aromatic carbocycles. The Kier molecular flexibility index (Phi) is 11.1. The van der Waals surface area contributed by atoms with Crippen LogP contribution >= 0.6 is 0 Å². The molecule has 0 fully saturated rings. The molecule has 5 heteroatoms. The summed E-state index contributed by atoms with van der Waals surface area (Å²) in [5, 5.41) is 6.48. The van der Waals surface area contributed by atoms with Crippen LogP contribution < -0.4 is 16.4 Å². The van der Waals surface area contributed by atoms with Crippen LogP contribution in [0.1, 0.15) is 12.8 Å². The van der Waals surface area contributed by atoms with E-state index in [1.165, 1.54) is 0 Å². The lowest BCUT2D eigenvalue weighted by atomic mass is 10.4. The third-order valence-corrected chi connectivity index (χ3v) is 1.80. The number of nitrogens with two attached hydrogens (primary N) is 1. The molecule has 0 saturated heterocycles. The summed E-state index contributed by atoms with van der Waals surface area (Å²) in [5.41, 5.74) is 5.34. The summed E-state index contributed by atoms with van der Waals surface area (Å²) in [7, 11) is 0.818. The Labute approximate surface area is 77.8 Å². The number of nitrogens with one attached hydrogen (secondary N) is 2. The molecule has 0 aromatic heterocycles. The molecule has 74 valence electrons. The molecule has 0 bridgehead atoms. The minimum atomic E-state index is 0.703. The Bertz CT molecular complexity index is 75.1. The average Bonchev–Trinajstić information content (AvgIpc) is 2.10. The fourth-order valence-corrected chi connectivity index (χ4v) is 1.07. The molecule has 0 aromatic rings. The van der Waals surface area contributed by atoms with E-state index in [-0.39, 0.29) is 0 Å². The highest BCUT2D eigenvalue weighted by atomic mass is 28.2. The van der Waals surface area contributed by atoms with Crippen molar-refractivity contribution in [1.82, 2.24) is 10.6 Å². The van der Waals surface area contributed by atoms with E-state index in [2.05, 4.69) is 10.6 Å². The molecule has 4 nitrogen and oxygen atoms in total. The van der Waals surface area contributed by atoms with Crippen molar-refractivity contribution in [3.05, 3.63) is 0 Å². The molecule has 0 aliphatic heterocycles. The minimum absolute atomic E-state index is 0.703. The maximum atomic E-state index is 5.34. The first kappa shape index (κ1) is 12.1. The number of rotatable bonds is 9. The summed E-state index contributed by atoms with van der Waals surface area (Å²) in [4.78, 5) is 0. The topological polar surface area (TPSA) is 59.3 Å². The fourth-order valence-electron chi connectivity index (χ4n) is 0.865. The van der Waals surface area contributed by atoms with Gasteiger partial charge in [0.25, 0.3) is 0 Å². The fraction of sp³-hybridized carbons (Fsp3) is 1.00. The highest BCUT2D eigenvalue weighted by molar-refractivity contribution is 5.97. The Morgan fingerprint density at radius 1 is 1.08 bits per heavy atom. The standard InChI is InChI=1S/C7H21N3OSi/c8-3-1-4-9-5-2-6-10-7-11-12/h9-10H,1-8H2,12H3. The van der Waals surface area contributed by atoms with Crippen molar-refractivity contribution in [2.75, 3.05) is 32.9 Å². The van der Waals surface area contributed by atoms with Crippen LogP contribution in [0.2, 0.25) is 0 Å². The van der Waals surface area contributed by atoms with Gasteiger partial charge in [0.1, 0.15) is 10.5 Å². The summed E-state index contributed by atoms with van der Waals surface area (Å²) in [5.74, 6) is 0. The van der Waals surface area contributed by atoms with Crippen molar-refractivity contribution in [2.45, 2.75) is 12.8 Å². The summed E-state index contributed by atoms with van der Waals surface area (Å²) in [6.07, 6.45) is 2.21. The monoisotopic (exact) mass is 191 g/mol. The van der Waals surface area contributed by atoms with Crippen LogP contribution in [-0.2, 0) is 4.43 Å². The molecule has 0 heterocycles. The van der Waals surface area contributed by atoms with Gasteiger partial charge in [-0.15, -0.1) is 0 Å². The van der Waals surface area contributed by atoms with Crippen LogP contribution in [0.3, 0.4) is 0 Å². The van der Waals surface area contributed by atoms with Crippen LogP contribution in [0.5, 0.6) is 0 Å². The molecule has 0 amide bonds. The van der Waals surface area contributed by atoms with Crippen LogP contribution in [-0.4, -0.2) is 43.4 Å². The Balaban J connectivity index is 2.73. The van der Waals surface area contributed by atoms with Gasteiger partial charge < -0.3 is 15.5 Å². The zero-order valence-corrected chi connectivity index (χ0v) is 9.94. The van der Waals surface area contributed by atoms with Crippen molar-refractivity contribution in [2.24, 2.45) is 5.73 Å². The summed E-state index contributed by atoms with van der Waals surface area (Å²) >= 11 is 0. The third-order valence-electron chi connectivity index (χ3n) is 1.51. The van der Waals surface area contributed by atoms with E-state index in [1.54, 1.807) is 0 Å². The molecule has 0 unspecified atom stereocenters. The SMILES string of the molecule is NCCCNCCCNCO[SiH3]. The highest BCUT2D eigenvalue weighted by Gasteiger charge is 1.87. The maximum absolute atomic E-state index is 5.34. The summed E-state index contributed by atoms with van der Waals surface area (Å²) in [6, 6.07) is 0. The molecule has 0 spiro atoms. The molecule has 0 aliphatic rings. The minimum Gasteiger partial charge on any atom is -0.415 e. The van der Waals surface area contributed by atoms with E-state index in [4.69, 9.17) is 10.2 Å².